The third kappa shape index (κ3) is 2.38. The number of carbonyl (C=O) groups is 1. The molecule has 3 N–H and O–H groups in total. The lowest BCUT2D eigenvalue weighted by Crippen LogP contribution is -2.12. The van der Waals surface area contributed by atoms with Gasteiger partial charge in [0.05, 0.1) is 19.1 Å². The SMILES string of the molecule is COc1cccc(C(N)c2ccc3c(c2)C(C)C(=O)N3)c1. The number of hydrogen-bond acceptors (Lipinski definition) is 3. The monoisotopic (exact) mass is 282 g/mol. The van der Waals surface area contributed by atoms with Crippen LogP contribution in [0.5, 0.6) is 5.75 Å². The average molecular weight is 282 g/mol. The molecule has 108 valence electrons. The highest BCUT2D eigenvalue weighted by Crippen LogP contribution is 2.35. The molecule has 2 aromatic rings. The molecule has 0 fully saturated rings. The van der Waals surface area contributed by atoms with Crippen LogP contribution in [0.1, 0.15) is 35.6 Å². The highest BCUT2D eigenvalue weighted by molar-refractivity contribution is 6.02. The van der Waals surface area contributed by atoms with E-state index in [4.69, 9.17) is 10.5 Å². The predicted molar refractivity (Wildman–Crippen MR) is 82.5 cm³/mol. The Bertz CT molecular complexity index is 697. The van der Waals surface area contributed by atoms with Crippen molar-refractivity contribution in [2.75, 3.05) is 12.4 Å². The first-order valence-electron chi connectivity index (χ1n) is 6.94. The van der Waals surface area contributed by atoms with Crippen LogP contribution >= 0.6 is 0 Å². The highest BCUT2D eigenvalue weighted by Gasteiger charge is 2.27. The van der Waals surface area contributed by atoms with Gasteiger partial charge in [-0.1, -0.05) is 24.3 Å². The Labute approximate surface area is 123 Å². The third-order valence-electron chi connectivity index (χ3n) is 4.01. The maximum Gasteiger partial charge on any atom is 0.231 e. The van der Waals surface area contributed by atoms with E-state index in [2.05, 4.69) is 5.32 Å². The molecule has 21 heavy (non-hydrogen) atoms. The van der Waals surface area contributed by atoms with Gasteiger partial charge in [-0.05, 0) is 41.8 Å². The summed E-state index contributed by atoms with van der Waals surface area (Å²) in [5, 5.41) is 2.87. The lowest BCUT2D eigenvalue weighted by atomic mass is 9.94. The number of nitrogens with one attached hydrogen (secondary N) is 1. The molecule has 0 saturated heterocycles. The van der Waals surface area contributed by atoms with Crippen LogP contribution in [-0.4, -0.2) is 13.0 Å². The molecule has 4 heteroatoms. The smallest absolute Gasteiger partial charge is 0.231 e. The zero-order chi connectivity index (χ0) is 15.0. The van der Waals surface area contributed by atoms with Crippen molar-refractivity contribution in [2.24, 2.45) is 5.73 Å². The Morgan fingerprint density at radius 1 is 1.19 bits per heavy atom. The van der Waals surface area contributed by atoms with E-state index < -0.39 is 0 Å². The van der Waals surface area contributed by atoms with E-state index in [1.54, 1.807) is 7.11 Å². The topological polar surface area (TPSA) is 64.3 Å². The van der Waals surface area contributed by atoms with Gasteiger partial charge in [0.25, 0.3) is 0 Å². The Morgan fingerprint density at radius 2 is 1.95 bits per heavy atom. The van der Waals surface area contributed by atoms with Gasteiger partial charge < -0.3 is 15.8 Å². The summed E-state index contributed by atoms with van der Waals surface area (Å²) in [7, 11) is 1.64. The molecule has 2 atom stereocenters. The quantitative estimate of drug-likeness (QED) is 0.909. The minimum Gasteiger partial charge on any atom is -0.497 e. The fraction of sp³-hybridized carbons (Fsp3) is 0.235. The molecule has 0 aliphatic carbocycles. The zero-order valence-electron chi connectivity index (χ0n) is 12.1. The van der Waals surface area contributed by atoms with Crippen molar-refractivity contribution in [2.45, 2.75) is 18.9 Å². The molecule has 0 bridgehead atoms. The first-order valence-corrected chi connectivity index (χ1v) is 6.94. The summed E-state index contributed by atoms with van der Waals surface area (Å²) in [6, 6.07) is 13.4. The van der Waals surface area contributed by atoms with E-state index in [1.165, 1.54) is 0 Å². The van der Waals surface area contributed by atoms with Gasteiger partial charge in [0.1, 0.15) is 5.75 Å². The van der Waals surface area contributed by atoms with Gasteiger partial charge in [0, 0.05) is 5.69 Å². The lowest BCUT2D eigenvalue weighted by molar-refractivity contribution is -0.116. The van der Waals surface area contributed by atoms with Gasteiger partial charge in [-0.3, -0.25) is 4.79 Å². The van der Waals surface area contributed by atoms with Gasteiger partial charge >= 0.3 is 0 Å². The molecule has 0 aromatic heterocycles. The molecule has 0 saturated carbocycles. The van der Waals surface area contributed by atoms with Crippen LogP contribution in [0.15, 0.2) is 42.5 Å². The van der Waals surface area contributed by atoms with Gasteiger partial charge in [0.2, 0.25) is 5.91 Å². The van der Waals surface area contributed by atoms with Crippen molar-refractivity contribution in [3.8, 4) is 5.75 Å². The molecule has 1 aliphatic heterocycles. The summed E-state index contributed by atoms with van der Waals surface area (Å²) >= 11 is 0. The second-order valence-corrected chi connectivity index (χ2v) is 5.31. The summed E-state index contributed by atoms with van der Waals surface area (Å²) < 4.78 is 5.24. The normalized spacial score (nSPS) is 18.0. The minimum atomic E-state index is -0.242. The number of amides is 1. The Hall–Kier alpha value is -2.33. The number of nitrogens with two attached hydrogens (primary N) is 1. The van der Waals surface area contributed by atoms with E-state index in [9.17, 15) is 4.79 Å². The standard InChI is InChI=1S/C17H18N2O2/c1-10-14-9-12(6-7-15(14)19-17(10)20)16(18)11-4-3-5-13(8-11)21-2/h3-10,16H,18H2,1-2H3,(H,19,20). The Kier molecular flexibility index (Phi) is 3.39. The molecule has 1 aliphatic rings. The van der Waals surface area contributed by atoms with Crippen LogP contribution in [-0.2, 0) is 4.79 Å². The number of fused-ring (bicyclic) bond motifs is 1. The van der Waals surface area contributed by atoms with E-state index >= 15 is 0 Å². The molecule has 4 nitrogen and oxygen atoms in total. The maximum absolute atomic E-state index is 11.7. The van der Waals surface area contributed by atoms with E-state index in [1.807, 2.05) is 49.4 Å². The lowest BCUT2D eigenvalue weighted by Gasteiger charge is -2.15. The van der Waals surface area contributed by atoms with E-state index in [-0.39, 0.29) is 17.9 Å². The Morgan fingerprint density at radius 3 is 2.71 bits per heavy atom. The van der Waals surface area contributed by atoms with Crippen LogP contribution in [0.4, 0.5) is 5.69 Å². The number of benzene rings is 2. The summed E-state index contributed by atoms with van der Waals surface area (Å²) in [5.74, 6) is 0.698. The molecule has 0 spiro atoms. The van der Waals surface area contributed by atoms with Gasteiger partial charge in [-0.15, -0.1) is 0 Å². The molecular formula is C17H18N2O2. The third-order valence-corrected chi connectivity index (χ3v) is 4.01. The fourth-order valence-corrected chi connectivity index (χ4v) is 2.66. The second kappa shape index (κ2) is 5.22. The molecule has 0 radical (unpaired) electrons. The molecule has 1 heterocycles. The predicted octanol–water partition coefficient (Wildman–Crippen LogP) is 2.80. The van der Waals surface area contributed by atoms with Crippen LogP contribution in [0.25, 0.3) is 0 Å². The second-order valence-electron chi connectivity index (χ2n) is 5.31. The van der Waals surface area contributed by atoms with Crippen molar-refractivity contribution >= 4 is 11.6 Å². The van der Waals surface area contributed by atoms with Gasteiger partial charge in [-0.2, -0.15) is 0 Å². The Balaban J connectivity index is 1.95. The van der Waals surface area contributed by atoms with Crippen LogP contribution in [0, 0.1) is 0 Å². The highest BCUT2D eigenvalue weighted by atomic mass is 16.5. The summed E-state index contributed by atoms with van der Waals surface area (Å²) in [6.07, 6.45) is 0. The van der Waals surface area contributed by atoms with Crippen molar-refractivity contribution in [3.63, 3.8) is 0 Å². The number of ether oxygens (including phenoxy) is 1. The van der Waals surface area contributed by atoms with Crippen LogP contribution in [0.3, 0.4) is 0 Å². The summed E-state index contributed by atoms with van der Waals surface area (Å²) in [4.78, 5) is 11.7. The molecule has 2 unspecified atom stereocenters. The van der Waals surface area contributed by atoms with Crippen LogP contribution < -0.4 is 15.8 Å². The zero-order valence-corrected chi connectivity index (χ0v) is 12.1. The van der Waals surface area contributed by atoms with Crippen molar-refractivity contribution < 1.29 is 9.53 Å². The first kappa shape index (κ1) is 13.6. The molecule has 1 amide bonds. The molecular weight excluding hydrogens is 264 g/mol. The largest absolute Gasteiger partial charge is 0.497 e. The van der Waals surface area contributed by atoms with E-state index in [0.717, 1.165) is 28.1 Å². The molecule has 3 rings (SSSR count). The maximum atomic E-state index is 11.7. The minimum absolute atomic E-state index is 0.0390. The van der Waals surface area contributed by atoms with Crippen molar-refractivity contribution in [1.29, 1.82) is 0 Å². The van der Waals surface area contributed by atoms with Gasteiger partial charge in [0.15, 0.2) is 0 Å². The number of anilines is 1. The van der Waals surface area contributed by atoms with Crippen molar-refractivity contribution in [3.05, 3.63) is 59.2 Å². The molecule has 2 aromatic carbocycles. The number of hydrogen-bond donors (Lipinski definition) is 2. The van der Waals surface area contributed by atoms with E-state index in [0.29, 0.717) is 0 Å². The van der Waals surface area contributed by atoms with Crippen molar-refractivity contribution in [1.82, 2.24) is 0 Å². The first-order chi connectivity index (χ1) is 10.1. The summed E-state index contributed by atoms with van der Waals surface area (Å²) in [6.45, 7) is 1.90. The number of carbonyl (C=O) groups excluding carboxylic acids is 1. The summed E-state index contributed by atoms with van der Waals surface area (Å²) in [5.41, 5.74) is 10.2. The number of rotatable bonds is 3. The van der Waals surface area contributed by atoms with Crippen LogP contribution in [0.2, 0.25) is 0 Å². The average Bonchev–Trinajstić information content (AvgIpc) is 2.81. The fourth-order valence-electron chi connectivity index (χ4n) is 2.66. The van der Waals surface area contributed by atoms with Gasteiger partial charge in [-0.25, -0.2) is 0 Å². The number of methoxy groups -OCH3 is 1.